The second-order valence-corrected chi connectivity index (χ2v) is 7.76. The van der Waals surface area contributed by atoms with Gasteiger partial charge in [-0.05, 0) is 44.4 Å². The summed E-state index contributed by atoms with van der Waals surface area (Å²) < 4.78 is 0. The number of thioether (sulfide) groups is 1. The Bertz CT molecular complexity index is 235. The van der Waals surface area contributed by atoms with Gasteiger partial charge >= 0.3 is 0 Å². The summed E-state index contributed by atoms with van der Waals surface area (Å²) in [7, 11) is 0. The molecule has 3 fully saturated rings. The third kappa shape index (κ3) is 2.15. The SMILES string of the molecule is OC1(C2CCCCC2)CC2CCCC(C1)S2. The van der Waals surface area contributed by atoms with E-state index >= 15 is 0 Å². The van der Waals surface area contributed by atoms with Gasteiger partial charge in [-0.2, -0.15) is 11.8 Å². The Morgan fingerprint density at radius 3 is 2.06 bits per heavy atom. The van der Waals surface area contributed by atoms with Gasteiger partial charge in [-0.15, -0.1) is 0 Å². The highest BCUT2D eigenvalue weighted by atomic mass is 32.2. The number of rotatable bonds is 1. The smallest absolute Gasteiger partial charge is 0.0696 e. The van der Waals surface area contributed by atoms with E-state index in [-0.39, 0.29) is 5.60 Å². The summed E-state index contributed by atoms with van der Waals surface area (Å²) >= 11 is 2.18. The van der Waals surface area contributed by atoms with Crippen molar-refractivity contribution in [3.63, 3.8) is 0 Å². The molecule has 3 rings (SSSR count). The van der Waals surface area contributed by atoms with Crippen LogP contribution in [0, 0.1) is 5.92 Å². The second kappa shape index (κ2) is 4.53. The molecule has 2 saturated heterocycles. The highest BCUT2D eigenvalue weighted by molar-refractivity contribution is 8.00. The van der Waals surface area contributed by atoms with E-state index in [0.29, 0.717) is 5.92 Å². The molecule has 92 valence electrons. The quantitative estimate of drug-likeness (QED) is 0.753. The van der Waals surface area contributed by atoms with Crippen molar-refractivity contribution in [2.75, 3.05) is 0 Å². The standard InChI is InChI=1S/C14H24OS/c15-14(11-5-2-1-3-6-11)9-12-7-4-8-13(10-14)16-12/h11-13,15H,1-10H2. The summed E-state index contributed by atoms with van der Waals surface area (Å²) in [6.45, 7) is 0. The molecule has 2 heterocycles. The van der Waals surface area contributed by atoms with Crippen LogP contribution in [-0.2, 0) is 0 Å². The summed E-state index contributed by atoms with van der Waals surface area (Å²) in [6.07, 6.45) is 13.0. The molecule has 2 heteroatoms. The Kier molecular flexibility index (Phi) is 3.23. The predicted molar refractivity (Wildman–Crippen MR) is 69.8 cm³/mol. The molecule has 0 amide bonds. The molecule has 2 aliphatic heterocycles. The van der Waals surface area contributed by atoms with Gasteiger partial charge in [0.1, 0.15) is 0 Å². The fourth-order valence-corrected chi connectivity index (χ4v) is 6.05. The number of hydrogen-bond donors (Lipinski definition) is 1. The highest BCUT2D eigenvalue weighted by Crippen LogP contribution is 2.50. The van der Waals surface area contributed by atoms with Crippen LogP contribution in [0.5, 0.6) is 0 Å². The van der Waals surface area contributed by atoms with Crippen LogP contribution in [0.15, 0.2) is 0 Å². The zero-order chi connectivity index (χ0) is 11.0. The molecule has 2 bridgehead atoms. The minimum atomic E-state index is -0.276. The third-order valence-electron chi connectivity index (χ3n) is 4.96. The van der Waals surface area contributed by atoms with E-state index in [1.807, 2.05) is 0 Å². The van der Waals surface area contributed by atoms with Crippen molar-refractivity contribution >= 4 is 11.8 Å². The van der Waals surface area contributed by atoms with Gasteiger partial charge in [0.15, 0.2) is 0 Å². The zero-order valence-electron chi connectivity index (χ0n) is 10.2. The van der Waals surface area contributed by atoms with E-state index in [4.69, 9.17) is 0 Å². The van der Waals surface area contributed by atoms with Gasteiger partial charge in [-0.3, -0.25) is 0 Å². The van der Waals surface area contributed by atoms with Crippen LogP contribution in [0.25, 0.3) is 0 Å². The fourth-order valence-electron chi connectivity index (χ4n) is 4.13. The first kappa shape index (κ1) is 11.4. The molecular formula is C14H24OS. The predicted octanol–water partition coefficient (Wildman–Crippen LogP) is 3.75. The highest BCUT2D eigenvalue weighted by Gasteiger charge is 2.45. The van der Waals surface area contributed by atoms with E-state index in [1.54, 1.807) is 0 Å². The molecule has 3 aliphatic rings. The summed E-state index contributed by atoms with van der Waals surface area (Å²) in [5, 5.41) is 12.5. The topological polar surface area (TPSA) is 20.2 Å². The van der Waals surface area contributed by atoms with Gasteiger partial charge in [0.2, 0.25) is 0 Å². The van der Waals surface area contributed by atoms with Crippen molar-refractivity contribution in [1.29, 1.82) is 0 Å². The van der Waals surface area contributed by atoms with Gasteiger partial charge in [0, 0.05) is 10.5 Å². The number of aliphatic hydroxyl groups is 1. The van der Waals surface area contributed by atoms with Gasteiger partial charge in [0.25, 0.3) is 0 Å². The summed E-state index contributed by atoms with van der Waals surface area (Å²) in [6, 6.07) is 0. The van der Waals surface area contributed by atoms with Crippen molar-refractivity contribution in [2.24, 2.45) is 5.92 Å². The van der Waals surface area contributed by atoms with E-state index < -0.39 is 0 Å². The second-order valence-electron chi connectivity index (χ2n) is 6.16. The molecular weight excluding hydrogens is 216 g/mol. The Labute approximate surface area is 103 Å². The molecule has 1 N–H and O–H groups in total. The molecule has 0 aromatic rings. The van der Waals surface area contributed by atoms with E-state index in [2.05, 4.69) is 11.8 Å². The van der Waals surface area contributed by atoms with Crippen LogP contribution < -0.4 is 0 Å². The lowest BCUT2D eigenvalue weighted by atomic mass is 9.71. The summed E-state index contributed by atoms with van der Waals surface area (Å²) in [4.78, 5) is 0. The van der Waals surface area contributed by atoms with Crippen LogP contribution in [0.1, 0.15) is 64.2 Å². The minimum Gasteiger partial charge on any atom is -0.390 e. The van der Waals surface area contributed by atoms with Gasteiger partial charge in [-0.25, -0.2) is 0 Å². The molecule has 0 aromatic heterocycles. The normalized spacial score (nSPS) is 45.6. The lowest BCUT2D eigenvalue weighted by Gasteiger charge is -2.48. The van der Waals surface area contributed by atoms with Crippen LogP contribution in [0.2, 0.25) is 0 Å². The molecule has 0 spiro atoms. The minimum absolute atomic E-state index is 0.276. The van der Waals surface area contributed by atoms with Crippen molar-refractivity contribution in [1.82, 2.24) is 0 Å². The molecule has 1 saturated carbocycles. The van der Waals surface area contributed by atoms with Crippen molar-refractivity contribution < 1.29 is 5.11 Å². The van der Waals surface area contributed by atoms with Gasteiger partial charge in [-0.1, -0.05) is 25.7 Å². The van der Waals surface area contributed by atoms with Crippen molar-refractivity contribution in [3.05, 3.63) is 0 Å². The van der Waals surface area contributed by atoms with Crippen LogP contribution in [0.4, 0.5) is 0 Å². The molecule has 0 aromatic carbocycles. The van der Waals surface area contributed by atoms with Crippen molar-refractivity contribution in [2.45, 2.75) is 80.3 Å². The molecule has 2 atom stereocenters. The largest absolute Gasteiger partial charge is 0.390 e. The molecule has 0 radical (unpaired) electrons. The molecule has 1 aliphatic carbocycles. The maximum atomic E-state index is 11.0. The van der Waals surface area contributed by atoms with E-state index in [0.717, 1.165) is 23.3 Å². The van der Waals surface area contributed by atoms with Crippen molar-refractivity contribution in [3.8, 4) is 0 Å². The third-order valence-corrected chi connectivity index (χ3v) is 6.54. The van der Waals surface area contributed by atoms with Crippen LogP contribution in [0.3, 0.4) is 0 Å². The Hall–Kier alpha value is 0.310. The average molecular weight is 240 g/mol. The summed E-state index contributed by atoms with van der Waals surface area (Å²) in [5.74, 6) is 0.630. The average Bonchev–Trinajstić information content (AvgIpc) is 2.29. The van der Waals surface area contributed by atoms with Gasteiger partial charge in [0.05, 0.1) is 5.60 Å². The van der Waals surface area contributed by atoms with E-state index in [9.17, 15) is 5.11 Å². The number of hydrogen-bond acceptors (Lipinski definition) is 2. The monoisotopic (exact) mass is 240 g/mol. The van der Waals surface area contributed by atoms with Crippen LogP contribution in [-0.4, -0.2) is 21.2 Å². The Balaban J connectivity index is 1.71. The lowest BCUT2D eigenvalue weighted by Crippen LogP contribution is -2.48. The Morgan fingerprint density at radius 2 is 1.44 bits per heavy atom. The molecule has 2 unspecified atom stereocenters. The first-order valence-corrected chi connectivity index (χ1v) is 8.08. The molecule has 16 heavy (non-hydrogen) atoms. The lowest BCUT2D eigenvalue weighted by molar-refractivity contribution is -0.0541. The maximum absolute atomic E-state index is 11.0. The fraction of sp³-hybridized carbons (Fsp3) is 1.00. The van der Waals surface area contributed by atoms with Crippen LogP contribution >= 0.6 is 11.8 Å². The Morgan fingerprint density at radius 1 is 0.812 bits per heavy atom. The first-order valence-electron chi connectivity index (χ1n) is 7.14. The number of fused-ring (bicyclic) bond motifs is 2. The maximum Gasteiger partial charge on any atom is 0.0696 e. The van der Waals surface area contributed by atoms with Gasteiger partial charge < -0.3 is 5.11 Å². The van der Waals surface area contributed by atoms with E-state index in [1.165, 1.54) is 51.4 Å². The first-order chi connectivity index (χ1) is 7.76. The zero-order valence-corrected chi connectivity index (χ0v) is 11.0. The molecule has 1 nitrogen and oxygen atoms in total. The summed E-state index contributed by atoms with van der Waals surface area (Å²) in [5.41, 5.74) is -0.276.